The minimum absolute atomic E-state index is 0.00908. The summed E-state index contributed by atoms with van der Waals surface area (Å²) >= 11 is 0. The molecule has 2 aromatic carbocycles. The van der Waals surface area contributed by atoms with Gasteiger partial charge in [-0.1, -0.05) is 31.5 Å². The zero-order valence-electron chi connectivity index (χ0n) is 16.7. The molecule has 1 aliphatic rings. The van der Waals surface area contributed by atoms with Gasteiger partial charge in [0.1, 0.15) is 5.75 Å². The first-order chi connectivity index (χ1) is 14.1. The molecule has 1 aliphatic heterocycles. The second kappa shape index (κ2) is 9.24. The Morgan fingerprint density at radius 1 is 1.28 bits per heavy atom. The normalized spacial score (nSPS) is 18.4. The highest BCUT2D eigenvalue weighted by Gasteiger charge is 2.44. The van der Waals surface area contributed by atoms with Crippen LogP contribution in [0.5, 0.6) is 5.75 Å². The van der Waals surface area contributed by atoms with E-state index in [-0.39, 0.29) is 24.3 Å². The third-order valence-electron chi connectivity index (χ3n) is 5.24. The van der Waals surface area contributed by atoms with Crippen LogP contribution in [0.3, 0.4) is 0 Å². The van der Waals surface area contributed by atoms with E-state index in [0.29, 0.717) is 17.8 Å². The number of amides is 2. The summed E-state index contributed by atoms with van der Waals surface area (Å²) in [6, 6.07) is 16.1. The highest BCUT2D eigenvalue weighted by atomic mass is 16.5. The minimum Gasteiger partial charge on any atom is -0.497 e. The fraction of sp³-hybridized carbons (Fsp3) is 0.348. The van der Waals surface area contributed by atoms with Crippen molar-refractivity contribution in [3.05, 3.63) is 59.7 Å². The second-order valence-electron chi connectivity index (χ2n) is 7.15. The maximum Gasteiger partial charge on any atom is 0.230 e. The number of benzene rings is 2. The third-order valence-corrected chi connectivity index (χ3v) is 5.24. The number of nitrogens with zero attached hydrogens (tertiary/aromatic N) is 2. The molecule has 1 saturated heterocycles. The molecule has 2 unspecified atom stereocenters. The van der Waals surface area contributed by atoms with Crippen LogP contribution in [0.4, 0.5) is 5.69 Å². The summed E-state index contributed by atoms with van der Waals surface area (Å²) in [4.78, 5) is 27.6. The Bertz CT molecular complexity index is 918. The molecule has 2 amide bonds. The molecule has 29 heavy (non-hydrogen) atoms. The van der Waals surface area contributed by atoms with Crippen LogP contribution in [-0.4, -0.2) is 30.4 Å². The van der Waals surface area contributed by atoms with Crippen molar-refractivity contribution in [2.24, 2.45) is 5.92 Å². The first-order valence-corrected chi connectivity index (χ1v) is 9.81. The third kappa shape index (κ3) is 4.57. The molecule has 2 atom stereocenters. The van der Waals surface area contributed by atoms with Crippen molar-refractivity contribution in [2.75, 3.05) is 19.0 Å². The van der Waals surface area contributed by atoms with Crippen LogP contribution in [-0.2, 0) is 9.59 Å². The number of carbonyl (C=O) groups excluding carboxylic acids is 2. The predicted octanol–water partition coefficient (Wildman–Crippen LogP) is 3.90. The van der Waals surface area contributed by atoms with Crippen molar-refractivity contribution >= 4 is 17.5 Å². The molecule has 6 heteroatoms. The summed E-state index contributed by atoms with van der Waals surface area (Å²) in [5.41, 5.74) is 1.95. The molecule has 0 aromatic heterocycles. The molecule has 1 fully saturated rings. The highest BCUT2D eigenvalue weighted by Crippen LogP contribution is 2.39. The Hall–Kier alpha value is -3.33. The van der Waals surface area contributed by atoms with Gasteiger partial charge in [-0.25, -0.2) is 0 Å². The maximum atomic E-state index is 13.1. The molecular formula is C23H25N3O3. The molecule has 0 saturated carbocycles. The average Bonchev–Trinajstić information content (AvgIpc) is 3.08. The molecule has 1 N–H and O–H groups in total. The molecule has 0 bridgehead atoms. The average molecular weight is 391 g/mol. The molecule has 2 aromatic rings. The van der Waals surface area contributed by atoms with Gasteiger partial charge in [-0.3, -0.25) is 9.59 Å². The van der Waals surface area contributed by atoms with Crippen LogP contribution in [0.2, 0.25) is 0 Å². The highest BCUT2D eigenvalue weighted by molar-refractivity contribution is 5.98. The Morgan fingerprint density at radius 2 is 2.03 bits per heavy atom. The van der Waals surface area contributed by atoms with E-state index < -0.39 is 5.92 Å². The van der Waals surface area contributed by atoms with Crippen molar-refractivity contribution in [2.45, 2.75) is 32.2 Å². The van der Waals surface area contributed by atoms with Gasteiger partial charge in [-0.15, -0.1) is 0 Å². The van der Waals surface area contributed by atoms with Crippen LogP contribution >= 0.6 is 0 Å². The number of likely N-dealkylation sites (tertiary alicyclic amines) is 1. The SMILES string of the molecule is CCCCN1C(=O)CC(C(=O)Nc2cccc(C#N)c2)C1c1ccc(OC)cc1. The summed E-state index contributed by atoms with van der Waals surface area (Å²) in [5, 5.41) is 12.0. The van der Waals surface area contributed by atoms with Gasteiger partial charge in [0.05, 0.1) is 30.7 Å². The predicted molar refractivity (Wildman–Crippen MR) is 110 cm³/mol. The molecule has 3 rings (SSSR count). The topological polar surface area (TPSA) is 82.4 Å². The lowest BCUT2D eigenvalue weighted by Gasteiger charge is -2.28. The van der Waals surface area contributed by atoms with E-state index in [2.05, 4.69) is 18.3 Å². The zero-order chi connectivity index (χ0) is 20.8. The molecule has 0 spiro atoms. The van der Waals surface area contributed by atoms with E-state index in [1.807, 2.05) is 29.2 Å². The Kier molecular flexibility index (Phi) is 6.50. The van der Waals surface area contributed by atoms with Crippen LogP contribution < -0.4 is 10.1 Å². The largest absolute Gasteiger partial charge is 0.497 e. The summed E-state index contributed by atoms with van der Waals surface area (Å²) in [6.45, 7) is 2.70. The number of rotatable bonds is 7. The number of unbranched alkanes of at least 4 members (excludes halogenated alkanes) is 1. The molecular weight excluding hydrogens is 366 g/mol. The first kappa shape index (κ1) is 20.4. The molecule has 150 valence electrons. The summed E-state index contributed by atoms with van der Waals surface area (Å²) in [7, 11) is 1.60. The van der Waals surface area contributed by atoms with Crippen LogP contribution in [0, 0.1) is 17.2 Å². The van der Waals surface area contributed by atoms with Crippen LogP contribution in [0.25, 0.3) is 0 Å². The van der Waals surface area contributed by atoms with Crippen molar-refractivity contribution in [3.8, 4) is 11.8 Å². The molecule has 1 heterocycles. The monoisotopic (exact) mass is 391 g/mol. The van der Waals surface area contributed by atoms with Crippen molar-refractivity contribution in [1.82, 2.24) is 4.90 Å². The zero-order valence-corrected chi connectivity index (χ0v) is 16.7. The van der Waals surface area contributed by atoms with Crippen molar-refractivity contribution in [1.29, 1.82) is 5.26 Å². The van der Waals surface area contributed by atoms with Gasteiger partial charge in [-0.05, 0) is 42.3 Å². The van der Waals surface area contributed by atoms with E-state index in [4.69, 9.17) is 10.00 Å². The van der Waals surface area contributed by atoms with E-state index in [0.717, 1.165) is 24.2 Å². The van der Waals surface area contributed by atoms with Gasteiger partial charge in [-0.2, -0.15) is 5.26 Å². The number of nitrogens with one attached hydrogen (secondary N) is 1. The van der Waals surface area contributed by atoms with E-state index in [1.165, 1.54) is 0 Å². The lowest BCUT2D eigenvalue weighted by Crippen LogP contribution is -2.33. The van der Waals surface area contributed by atoms with Gasteiger partial charge < -0.3 is 15.0 Å². The van der Waals surface area contributed by atoms with Crippen molar-refractivity contribution < 1.29 is 14.3 Å². The number of methoxy groups -OCH3 is 1. The smallest absolute Gasteiger partial charge is 0.230 e. The Morgan fingerprint density at radius 3 is 2.69 bits per heavy atom. The number of carbonyl (C=O) groups is 2. The maximum absolute atomic E-state index is 13.1. The Labute approximate surface area is 171 Å². The quantitative estimate of drug-likeness (QED) is 0.776. The van der Waals surface area contributed by atoms with Gasteiger partial charge in [0.25, 0.3) is 0 Å². The fourth-order valence-corrected chi connectivity index (χ4v) is 3.73. The van der Waals surface area contributed by atoms with Gasteiger partial charge in [0, 0.05) is 18.7 Å². The van der Waals surface area contributed by atoms with E-state index in [1.54, 1.807) is 31.4 Å². The summed E-state index contributed by atoms with van der Waals surface area (Å²) < 4.78 is 5.23. The van der Waals surface area contributed by atoms with Gasteiger partial charge >= 0.3 is 0 Å². The lowest BCUT2D eigenvalue weighted by atomic mass is 9.92. The second-order valence-corrected chi connectivity index (χ2v) is 7.15. The Balaban J connectivity index is 1.88. The number of anilines is 1. The van der Waals surface area contributed by atoms with Crippen LogP contribution in [0.1, 0.15) is 43.4 Å². The number of ether oxygens (including phenoxy) is 1. The number of nitriles is 1. The number of hydrogen-bond acceptors (Lipinski definition) is 4. The lowest BCUT2D eigenvalue weighted by molar-refractivity contribution is -0.129. The minimum atomic E-state index is -0.501. The number of hydrogen-bond donors (Lipinski definition) is 1. The van der Waals surface area contributed by atoms with Crippen LogP contribution in [0.15, 0.2) is 48.5 Å². The van der Waals surface area contributed by atoms with Gasteiger partial charge in [0.2, 0.25) is 11.8 Å². The summed E-state index contributed by atoms with van der Waals surface area (Å²) in [6.07, 6.45) is 2.03. The van der Waals surface area contributed by atoms with Crippen molar-refractivity contribution in [3.63, 3.8) is 0 Å². The molecule has 6 nitrogen and oxygen atoms in total. The fourth-order valence-electron chi connectivity index (χ4n) is 3.73. The molecule has 0 aliphatic carbocycles. The van der Waals surface area contributed by atoms with E-state index >= 15 is 0 Å². The molecule has 0 radical (unpaired) electrons. The van der Waals surface area contributed by atoms with E-state index in [9.17, 15) is 9.59 Å². The standard InChI is InChI=1S/C23H25N3O3/c1-3-4-12-26-21(27)14-20(22(26)17-8-10-19(29-2)11-9-17)23(28)25-18-7-5-6-16(13-18)15-24/h5-11,13,20,22H,3-4,12,14H2,1-2H3,(H,25,28). The first-order valence-electron chi connectivity index (χ1n) is 9.81. The summed E-state index contributed by atoms with van der Waals surface area (Å²) in [5.74, 6) is 0.00412. The van der Waals surface area contributed by atoms with Gasteiger partial charge in [0.15, 0.2) is 0 Å².